The molecule has 10 heavy (non-hydrogen) atoms. The van der Waals surface area contributed by atoms with Crippen LogP contribution in [0, 0.1) is 0 Å². The molecule has 0 aromatic heterocycles. The van der Waals surface area contributed by atoms with Gasteiger partial charge in [-0.2, -0.15) is 0 Å². The third-order valence-electron chi connectivity index (χ3n) is 1.14. The van der Waals surface area contributed by atoms with Crippen LogP contribution in [0.4, 0.5) is 4.39 Å². The largest absolute Gasteiger partial charge is 0.439 e. The standard InChI is InChI=1S/C6H14BFO2/c1-2-3-4-5-9-7-10-6-8/h7H,2-6H2,1H3. The summed E-state index contributed by atoms with van der Waals surface area (Å²) in [4.78, 5) is 0. The first-order valence-corrected chi connectivity index (χ1v) is 3.63. The highest BCUT2D eigenvalue weighted by molar-refractivity contribution is 6.17. The van der Waals surface area contributed by atoms with Gasteiger partial charge in [-0.1, -0.05) is 19.8 Å². The van der Waals surface area contributed by atoms with Crippen molar-refractivity contribution in [2.45, 2.75) is 26.2 Å². The molecule has 0 radical (unpaired) electrons. The van der Waals surface area contributed by atoms with E-state index in [2.05, 4.69) is 11.6 Å². The smallest absolute Gasteiger partial charge is 0.414 e. The van der Waals surface area contributed by atoms with E-state index < -0.39 is 6.86 Å². The summed E-state index contributed by atoms with van der Waals surface area (Å²) in [7, 11) is 0.0835. The van der Waals surface area contributed by atoms with E-state index in [0.717, 1.165) is 12.8 Å². The molecule has 0 aliphatic rings. The van der Waals surface area contributed by atoms with Crippen LogP contribution in [0.15, 0.2) is 0 Å². The second-order valence-corrected chi connectivity index (χ2v) is 2.05. The molecule has 0 rings (SSSR count). The summed E-state index contributed by atoms with van der Waals surface area (Å²) >= 11 is 0. The molecule has 0 fully saturated rings. The molecule has 0 atom stereocenters. The van der Waals surface area contributed by atoms with E-state index in [1.54, 1.807) is 0 Å². The number of hydrogen-bond acceptors (Lipinski definition) is 2. The Kier molecular flexibility index (Phi) is 8.84. The molecule has 0 aromatic rings. The lowest BCUT2D eigenvalue weighted by molar-refractivity contribution is 0.150. The van der Waals surface area contributed by atoms with Gasteiger partial charge in [-0.25, -0.2) is 4.39 Å². The second kappa shape index (κ2) is 8.91. The molecule has 4 heteroatoms. The molecule has 0 amide bonds. The molecular weight excluding hydrogens is 134 g/mol. The lowest BCUT2D eigenvalue weighted by Crippen LogP contribution is -2.04. The molecule has 0 saturated heterocycles. The Balaban J connectivity index is 2.65. The summed E-state index contributed by atoms with van der Waals surface area (Å²) in [5.74, 6) is 0. The SMILES string of the molecule is CCCCCOBOCF. The Labute approximate surface area is 62.0 Å². The fourth-order valence-electron chi connectivity index (χ4n) is 0.603. The zero-order valence-electron chi connectivity index (χ0n) is 6.44. The Morgan fingerprint density at radius 1 is 1.30 bits per heavy atom. The van der Waals surface area contributed by atoms with Crippen molar-refractivity contribution in [3.63, 3.8) is 0 Å². The molecule has 0 aliphatic carbocycles. The molecule has 0 aromatic carbocycles. The number of alkyl halides is 1. The summed E-state index contributed by atoms with van der Waals surface area (Å²) in [6.07, 6.45) is 3.37. The van der Waals surface area contributed by atoms with Crippen LogP contribution in [0.5, 0.6) is 0 Å². The van der Waals surface area contributed by atoms with E-state index >= 15 is 0 Å². The molecule has 0 spiro atoms. The molecule has 0 saturated carbocycles. The van der Waals surface area contributed by atoms with Crippen molar-refractivity contribution < 1.29 is 13.7 Å². The van der Waals surface area contributed by atoms with Crippen molar-refractivity contribution in [3.05, 3.63) is 0 Å². The molecule has 0 heterocycles. The van der Waals surface area contributed by atoms with Crippen molar-refractivity contribution >= 4 is 7.69 Å². The lowest BCUT2D eigenvalue weighted by atomic mass is 10.2. The Morgan fingerprint density at radius 3 is 2.70 bits per heavy atom. The van der Waals surface area contributed by atoms with Gasteiger partial charge in [-0.3, -0.25) is 0 Å². The Hall–Kier alpha value is -0.0851. The van der Waals surface area contributed by atoms with Crippen molar-refractivity contribution in [2.75, 3.05) is 13.5 Å². The van der Waals surface area contributed by atoms with Gasteiger partial charge in [0.05, 0.1) is 0 Å². The van der Waals surface area contributed by atoms with E-state index in [4.69, 9.17) is 4.65 Å². The molecule has 0 bridgehead atoms. The predicted molar refractivity (Wildman–Crippen MR) is 39.7 cm³/mol. The summed E-state index contributed by atoms with van der Waals surface area (Å²) in [6, 6.07) is 0. The summed E-state index contributed by atoms with van der Waals surface area (Å²) in [6.45, 7) is 2.04. The van der Waals surface area contributed by atoms with Crippen LogP contribution < -0.4 is 0 Å². The van der Waals surface area contributed by atoms with Gasteiger partial charge in [0.25, 0.3) is 0 Å². The van der Waals surface area contributed by atoms with Crippen LogP contribution in [0.2, 0.25) is 0 Å². The Bertz CT molecular complexity index is 55.7. The number of hydrogen-bond donors (Lipinski definition) is 0. The maximum Gasteiger partial charge on any atom is 0.439 e. The molecule has 0 unspecified atom stereocenters. The monoisotopic (exact) mass is 148 g/mol. The zero-order chi connectivity index (χ0) is 7.66. The van der Waals surface area contributed by atoms with Crippen molar-refractivity contribution in [1.82, 2.24) is 0 Å². The van der Waals surface area contributed by atoms with Crippen LogP contribution in [0.3, 0.4) is 0 Å². The van der Waals surface area contributed by atoms with Gasteiger partial charge >= 0.3 is 7.69 Å². The second-order valence-electron chi connectivity index (χ2n) is 2.05. The van der Waals surface area contributed by atoms with Crippen molar-refractivity contribution in [1.29, 1.82) is 0 Å². The number of unbranched alkanes of at least 4 members (excludes halogenated alkanes) is 2. The van der Waals surface area contributed by atoms with Gasteiger partial charge in [-0.15, -0.1) is 0 Å². The normalized spacial score (nSPS) is 9.80. The number of halogens is 1. The van der Waals surface area contributed by atoms with Gasteiger partial charge in [0.1, 0.15) is 0 Å². The third kappa shape index (κ3) is 7.91. The average Bonchev–Trinajstić information content (AvgIpc) is 1.97. The molecule has 60 valence electrons. The van der Waals surface area contributed by atoms with Crippen LogP contribution in [0.25, 0.3) is 0 Å². The molecular formula is C6H14BFO2. The fourth-order valence-corrected chi connectivity index (χ4v) is 0.603. The quantitative estimate of drug-likeness (QED) is 0.401. The highest BCUT2D eigenvalue weighted by Gasteiger charge is 1.90. The topological polar surface area (TPSA) is 18.5 Å². The predicted octanol–water partition coefficient (Wildman–Crippen LogP) is 1.40. The van der Waals surface area contributed by atoms with E-state index in [-0.39, 0.29) is 7.69 Å². The van der Waals surface area contributed by atoms with Gasteiger partial charge in [0.15, 0.2) is 6.86 Å². The zero-order valence-corrected chi connectivity index (χ0v) is 6.44. The van der Waals surface area contributed by atoms with Crippen LogP contribution in [-0.2, 0) is 9.31 Å². The minimum Gasteiger partial charge on any atom is -0.414 e. The molecule has 0 N–H and O–H groups in total. The molecule has 0 aliphatic heterocycles. The van der Waals surface area contributed by atoms with Crippen molar-refractivity contribution in [2.24, 2.45) is 0 Å². The number of rotatable bonds is 7. The molecule has 2 nitrogen and oxygen atoms in total. The van der Waals surface area contributed by atoms with Crippen LogP contribution in [-0.4, -0.2) is 21.2 Å². The van der Waals surface area contributed by atoms with E-state index in [0.29, 0.717) is 6.61 Å². The maximum absolute atomic E-state index is 11.3. The first kappa shape index (κ1) is 9.91. The van der Waals surface area contributed by atoms with E-state index in [1.165, 1.54) is 6.42 Å². The van der Waals surface area contributed by atoms with Gasteiger partial charge in [-0.05, 0) is 6.42 Å². The Morgan fingerprint density at radius 2 is 2.10 bits per heavy atom. The minimum absolute atomic E-state index is 0.0835. The summed E-state index contributed by atoms with van der Waals surface area (Å²) < 4.78 is 20.5. The van der Waals surface area contributed by atoms with Gasteiger partial charge in [0, 0.05) is 6.61 Å². The van der Waals surface area contributed by atoms with E-state index in [1.807, 2.05) is 0 Å². The van der Waals surface area contributed by atoms with Crippen LogP contribution in [0.1, 0.15) is 26.2 Å². The maximum atomic E-state index is 11.3. The summed E-state index contributed by atoms with van der Waals surface area (Å²) in [5.41, 5.74) is 0. The van der Waals surface area contributed by atoms with Crippen molar-refractivity contribution in [3.8, 4) is 0 Å². The minimum atomic E-state index is -0.756. The average molecular weight is 148 g/mol. The summed E-state index contributed by atoms with van der Waals surface area (Å²) in [5, 5.41) is 0. The first-order valence-electron chi connectivity index (χ1n) is 3.63. The van der Waals surface area contributed by atoms with Crippen LogP contribution >= 0.6 is 0 Å². The third-order valence-corrected chi connectivity index (χ3v) is 1.14. The van der Waals surface area contributed by atoms with Gasteiger partial charge < -0.3 is 9.31 Å². The highest BCUT2D eigenvalue weighted by Crippen LogP contribution is 1.93. The van der Waals surface area contributed by atoms with Gasteiger partial charge in [0.2, 0.25) is 0 Å². The first-order chi connectivity index (χ1) is 4.91. The fraction of sp³-hybridized carbons (Fsp3) is 1.00. The van der Waals surface area contributed by atoms with E-state index in [9.17, 15) is 4.39 Å². The highest BCUT2D eigenvalue weighted by atomic mass is 19.1. The lowest BCUT2D eigenvalue weighted by Gasteiger charge is -1.99.